The van der Waals surface area contributed by atoms with Crippen LogP contribution in [-0.2, 0) is 6.54 Å². The first-order valence-electron chi connectivity index (χ1n) is 7.77. The van der Waals surface area contributed by atoms with Crippen molar-refractivity contribution in [3.8, 4) is 5.75 Å². The van der Waals surface area contributed by atoms with E-state index in [0.717, 1.165) is 12.2 Å². The van der Waals surface area contributed by atoms with Crippen LogP contribution in [0, 0.1) is 6.92 Å². The van der Waals surface area contributed by atoms with E-state index in [-0.39, 0.29) is 5.75 Å². The number of hydrogen-bond donors (Lipinski definition) is 1. The first-order chi connectivity index (χ1) is 12.0. The van der Waals surface area contributed by atoms with Gasteiger partial charge in [-0.25, -0.2) is 0 Å². The summed E-state index contributed by atoms with van der Waals surface area (Å²) >= 11 is 8.57. The van der Waals surface area contributed by atoms with E-state index in [1.54, 1.807) is 11.9 Å². The number of aryl methyl sites for hydroxylation is 1. The third kappa shape index (κ3) is 4.60. The minimum absolute atomic E-state index is 0.212. The molecule has 3 aromatic rings. The summed E-state index contributed by atoms with van der Waals surface area (Å²) in [5.41, 5.74) is 3.47. The number of hydrogen-bond acceptors (Lipinski definition) is 3. The molecule has 128 valence electrons. The van der Waals surface area contributed by atoms with Crippen LogP contribution < -0.4 is 4.31 Å². The molecule has 0 spiro atoms. The number of halogens is 2. The lowest BCUT2D eigenvalue weighted by Gasteiger charge is -2.25. The molecule has 0 radical (unpaired) electrons. The predicted molar refractivity (Wildman–Crippen MR) is 113 cm³/mol. The molecule has 0 atom stereocenters. The minimum atomic E-state index is 0.212. The van der Waals surface area contributed by atoms with Gasteiger partial charge in [0.1, 0.15) is 5.75 Å². The third-order valence-corrected chi connectivity index (χ3v) is 6.18. The maximum absolute atomic E-state index is 10.0. The number of anilines is 1. The molecule has 3 aromatic carbocycles. The Balaban J connectivity index is 1.98. The Morgan fingerprint density at radius 1 is 0.920 bits per heavy atom. The minimum Gasteiger partial charge on any atom is -0.506 e. The number of phenols is 1. The highest BCUT2D eigenvalue weighted by Crippen LogP contribution is 2.40. The van der Waals surface area contributed by atoms with Crippen molar-refractivity contribution >= 4 is 49.5 Å². The average Bonchev–Trinajstić information content (AvgIpc) is 2.61. The molecule has 2 nitrogen and oxygen atoms in total. The van der Waals surface area contributed by atoms with Gasteiger partial charge in [0.2, 0.25) is 0 Å². The zero-order chi connectivity index (χ0) is 17.8. The number of benzene rings is 3. The van der Waals surface area contributed by atoms with Crippen LogP contribution in [0.25, 0.3) is 0 Å². The van der Waals surface area contributed by atoms with Crippen molar-refractivity contribution in [2.75, 3.05) is 4.31 Å². The van der Waals surface area contributed by atoms with Gasteiger partial charge in [0, 0.05) is 4.90 Å². The number of rotatable bonds is 5. The first kappa shape index (κ1) is 18.4. The van der Waals surface area contributed by atoms with Crippen LogP contribution in [0.1, 0.15) is 11.1 Å². The van der Waals surface area contributed by atoms with Gasteiger partial charge < -0.3 is 9.41 Å². The summed E-state index contributed by atoms with van der Waals surface area (Å²) in [5.74, 6) is 0.212. The van der Waals surface area contributed by atoms with Crippen LogP contribution in [0.15, 0.2) is 80.6 Å². The van der Waals surface area contributed by atoms with Crippen LogP contribution in [0.3, 0.4) is 0 Å². The van der Waals surface area contributed by atoms with Crippen molar-refractivity contribution < 1.29 is 5.11 Å². The van der Waals surface area contributed by atoms with Gasteiger partial charge in [-0.2, -0.15) is 0 Å². The summed E-state index contributed by atoms with van der Waals surface area (Å²) in [5, 5.41) is 10.0. The zero-order valence-corrected chi connectivity index (χ0v) is 17.6. The highest BCUT2D eigenvalue weighted by Gasteiger charge is 2.15. The van der Waals surface area contributed by atoms with Crippen molar-refractivity contribution in [2.45, 2.75) is 18.4 Å². The lowest BCUT2D eigenvalue weighted by molar-refractivity contribution is 0.468. The van der Waals surface area contributed by atoms with E-state index in [2.05, 4.69) is 91.6 Å². The fourth-order valence-corrected chi connectivity index (χ4v) is 4.57. The van der Waals surface area contributed by atoms with Crippen molar-refractivity contribution in [2.24, 2.45) is 0 Å². The average molecular weight is 479 g/mol. The highest BCUT2D eigenvalue weighted by molar-refractivity contribution is 9.11. The lowest BCUT2D eigenvalue weighted by Crippen LogP contribution is -2.14. The van der Waals surface area contributed by atoms with E-state index in [1.165, 1.54) is 16.0 Å². The fourth-order valence-electron chi connectivity index (χ4n) is 2.40. The number of aromatic hydroxyl groups is 1. The van der Waals surface area contributed by atoms with Gasteiger partial charge in [-0.3, -0.25) is 0 Å². The molecule has 0 aliphatic carbocycles. The molecule has 25 heavy (non-hydrogen) atoms. The third-order valence-electron chi connectivity index (χ3n) is 3.76. The molecule has 0 saturated heterocycles. The van der Waals surface area contributed by atoms with Gasteiger partial charge in [0.05, 0.1) is 21.2 Å². The van der Waals surface area contributed by atoms with E-state index in [4.69, 9.17) is 0 Å². The normalized spacial score (nSPS) is 10.7. The molecule has 0 saturated carbocycles. The second-order valence-corrected chi connectivity index (χ2v) is 8.41. The number of nitrogens with zero attached hydrogens (tertiary/aromatic N) is 1. The van der Waals surface area contributed by atoms with Gasteiger partial charge in [-0.1, -0.05) is 48.5 Å². The smallest absolute Gasteiger partial charge is 0.144 e. The van der Waals surface area contributed by atoms with E-state index >= 15 is 0 Å². The molecular formula is C20H17Br2NOS. The standard InChI is InChI=1S/C20H17Br2NOS/c1-14-7-5-6-10-19(14)25-23(13-15-8-3-2-4-9-15)16-11-17(21)20(24)18(22)12-16/h2-12,24H,13H2,1H3. The molecule has 0 bridgehead atoms. The van der Waals surface area contributed by atoms with Crippen molar-refractivity contribution in [3.05, 3.63) is 86.8 Å². The van der Waals surface area contributed by atoms with Crippen LogP contribution in [0.2, 0.25) is 0 Å². The largest absolute Gasteiger partial charge is 0.506 e. The monoisotopic (exact) mass is 477 g/mol. The van der Waals surface area contributed by atoms with Gasteiger partial charge in [0.15, 0.2) is 0 Å². The van der Waals surface area contributed by atoms with Gasteiger partial charge in [-0.05, 0) is 80.1 Å². The zero-order valence-electron chi connectivity index (χ0n) is 13.6. The van der Waals surface area contributed by atoms with Crippen molar-refractivity contribution in [3.63, 3.8) is 0 Å². The Hall–Kier alpha value is -1.43. The molecule has 0 heterocycles. The summed E-state index contributed by atoms with van der Waals surface area (Å²) < 4.78 is 3.56. The van der Waals surface area contributed by atoms with Gasteiger partial charge >= 0.3 is 0 Å². The Morgan fingerprint density at radius 2 is 1.52 bits per heavy atom. The molecule has 3 rings (SSSR count). The first-order valence-corrected chi connectivity index (χ1v) is 10.1. The second-order valence-electron chi connectivity index (χ2n) is 5.64. The van der Waals surface area contributed by atoms with Crippen molar-refractivity contribution in [1.29, 1.82) is 0 Å². The summed E-state index contributed by atoms with van der Waals surface area (Å²) in [7, 11) is 0. The van der Waals surface area contributed by atoms with E-state index < -0.39 is 0 Å². The Kier molecular flexibility index (Phi) is 6.10. The molecule has 5 heteroatoms. The molecule has 0 amide bonds. The van der Waals surface area contributed by atoms with E-state index in [0.29, 0.717) is 8.95 Å². The molecule has 0 aromatic heterocycles. The Bertz CT molecular complexity index is 848. The molecular weight excluding hydrogens is 462 g/mol. The maximum atomic E-state index is 10.0. The Labute approximate surface area is 169 Å². The molecule has 0 aliphatic heterocycles. The molecule has 0 aliphatic rings. The topological polar surface area (TPSA) is 23.5 Å². The summed E-state index contributed by atoms with van der Waals surface area (Å²) in [4.78, 5) is 1.21. The molecule has 0 unspecified atom stereocenters. The molecule has 1 N–H and O–H groups in total. The van der Waals surface area contributed by atoms with Crippen LogP contribution in [-0.4, -0.2) is 5.11 Å². The summed E-state index contributed by atoms with van der Waals surface area (Å²) in [6.45, 7) is 2.87. The van der Waals surface area contributed by atoms with E-state index in [1.807, 2.05) is 18.2 Å². The molecule has 0 fully saturated rings. The number of phenolic OH excluding ortho intramolecular Hbond substituents is 1. The van der Waals surface area contributed by atoms with Crippen LogP contribution >= 0.6 is 43.8 Å². The Morgan fingerprint density at radius 3 is 2.16 bits per heavy atom. The lowest BCUT2D eigenvalue weighted by atomic mass is 10.2. The fraction of sp³-hybridized carbons (Fsp3) is 0.100. The highest BCUT2D eigenvalue weighted by atomic mass is 79.9. The second kappa shape index (κ2) is 8.30. The maximum Gasteiger partial charge on any atom is 0.144 e. The van der Waals surface area contributed by atoms with Crippen LogP contribution in [0.4, 0.5) is 5.69 Å². The summed E-state index contributed by atoms with van der Waals surface area (Å²) in [6.07, 6.45) is 0. The predicted octanol–water partition coefficient (Wildman–Crippen LogP) is 6.94. The quantitative estimate of drug-likeness (QED) is 0.401. The van der Waals surface area contributed by atoms with Gasteiger partial charge in [0.25, 0.3) is 0 Å². The van der Waals surface area contributed by atoms with Crippen molar-refractivity contribution in [1.82, 2.24) is 0 Å². The SMILES string of the molecule is Cc1ccccc1SN(Cc1ccccc1)c1cc(Br)c(O)c(Br)c1. The summed E-state index contributed by atoms with van der Waals surface area (Å²) in [6, 6.07) is 22.6. The van der Waals surface area contributed by atoms with E-state index in [9.17, 15) is 5.11 Å². The van der Waals surface area contributed by atoms with Crippen LogP contribution in [0.5, 0.6) is 5.75 Å². The van der Waals surface area contributed by atoms with Gasteiger partial charge in [-0.15, -0.1) is 0 Å².